The molecule has 0 saturated carbocycles. The van der Waals surface area contributed by atoms with Gasteiger partial charge in [0.2, 0.25) is 5.91 Å². The van der Waals surface area contributed by atoms with E-state index in [9.17, 15) is 14.0 Å². The van der Waals surface area contributed by atoms with E-state index >= 15 is 0 Å². The Kier molecular flexibility index (Phi) is 3.92. The van der Waals surface area contributed by atoms with Crippen molar-refractivity contribution in [3.05, 3.63) is 59.5 Å². The van der Waals surface area contributed by atoms with Crippen molar-refractivity contribution in [2.45, 2.75) is 6.54 Å². The minimum atomic E-state index is -0.566. The SMILES string of the molecule is NC(=O)c1ccnc(N2CCN(Cc3ccc(F)cc3)C2=O)c1. The number of amides is 3. The molecule has 2 N–H and O–H groups in total. The number of nitrogens with two attached hydrogens (primary N) is 1. The summed E-state index contributed by atoms with van der Waals surface area (Å²) in [6.45, 7) is 1.39. The number of primary amides is 1. The number of rotatable bonds is 4. The second-order valence-corrected chi connectivity index (χ2v) is 5.25. The second kappa shape index (κ2) is 6.04. The van der Waals surface area contributed by atoms with Crippen LogP contribution in [0.15, 0.2) is 42.6 Å². The summed E-state index contributed by atoms with van der Waals surface area (Å²) in [4.78, 5) is 31.0. The van der Waals surface area contributed by atoms with Crippen LogP contribution in [0, 0.1) is 5.82 Å². The van der Waals surface area contributed by atoms with Gasteiger partial charge < -0.3 is 10.6 Å². The molecule has 0 bridgehead atoms. The highest BCUT2D eigenvalue weighted by Crippen LogP contribution is 2.20. The Labute approximate surface area is 132 Å². The molecular weight excluding hydrogens is 299 g/mol. The lowest BCUT2D eigenvalue weighted by Gasteiger charge is -2.18. The number of pyridine rings is 1. The van der Waals surface area contributed by atoms with E-state index in [-0.39, 0.29) is 11.8 Å². The van der Waals surface area contributed by atoms with Gasteiger partial charge in [0.05, 0.1) is 0 Å². The number of aromatic nitrogens is 1. The topological polar surface area (TPSA) is 79.5 Å². The number of hydrogen-bond acceptors (Lipinski definition) is 3. The van der Waals surface area contributed by atoms with Crippen LogP contribution in [0.3, 0.4) is 0 Å². The molecule has 3 rings (SSSR count). The van der Waals surface area contributed by atoms with Crippen LogP contribution in [0.2, 0.25) is 0 Å². The molecule has 2 aromatic rings. The van der Waals surface area contributed by atoms with Crippen molar-refractivity contribution < 1.29 is 14.0 Å². The van der Waals surface area contributed by atoms with E-state index in [1.54, 1.807) is 17.0 Å². The Balaban J connectivity index is 1.75. The second-order valence-electron chi connectivity index (χ2n) is 5.25. The number of urea groups is 1. The van der Waals surface area contributed by atoms with Gasteiger partial charge in [0, 0.05) is 31.4 Å². The molecule has 23 heavy (non-hydrogen) atoms. The normalized spacial score (nSPS) is 14.4. The molecule has 0 radical (unpaired) electrons. The molecule has 118 valence electrons. The third kappa shape index (κ3) is 3.13. The van der Waals surface area contributed by atoms with E-state index in [2.05, 4.69) is 4.98 Å². The van der Waals surface area contributed by atoms with Gasteiger partial charge in [-0.2, -0.15) is 0 Å². The summed E-state index contributed by atoms with van der Waals surface area (Å²) >= 11 is 0. The summed E-state index contributed by atoms with van der Waals surface area (Å²) in [5.74, 6) is -0.480. The quantitative estimate of drug-likeness (QED) is 0.934. The van der Waals surface area contributed by atoms with Gasteiger partial charge in [-0.3, -0.25) is 9.69 Å². The summed E-state index contributed by atoms with van der Waals surface area (Å²) in [7, 11) is 0. The van der Waals surface area contributed by atoms with Gasteiger partial charge in [-0.05, 0) is 29.8 Å². The zero-order valence-corrected chi connectivity index (χ0v) is 12.3. The lowest BCUT2D eigenvalue weighted by Crippen LogP contribution is -2.32. The first-order valence-corrected chi connectivity index (χ1v) is 7.11. The van der Waals surface area contributed by atoms with Gasteiger partial charge >= 0.3 is 6.03 Å². The van der Waals surface area contributed by atoms with Crippen LogP contribution in [0.1, 0.15) is 15.9 Å². The van der Waals surface area contributed by atoms with Gasteiger partial charge in [0.25, 0.3) is 0 Å². The third-order valence-electron chi connectivity index (χ3n) is 3.69. The predicted octanol–water partition coefficient (Wildman–Crippen LogP) is 1.76. The van der Waals surface area contributed by atoms with Crippen molar-refractivity contribution in [3.63, 3.8) is 0 Å². The Morgan fingerprint density at radius 2 is 1.96 bits per heavy atom. The minimum Gasteiger partial charge on any atom is -0.366 e. The van der Waals surface area contributed by atoms with Crippen LogP contribution >= 0.6 is 0 Å². The van der Waals surface area contributed by atoms with Crippen molar-refractivity contribution in [3.8, 4) is 0 Å². The molecule has 0 atom stereocenters. The highest BCUT2D eigenvalue weighted by atomic mass is 19.1. The molecule has 1 aromatic carbocycles. The van der Waals surface area contributed by atoms with Crippen molar-refractivity contribution in [2.75, 3.05) is 18.0 Å². The fourth-order valence-electron chi connectivity index (χ4n) is 2.47. The lowest BCUT2D eigenvalue weighted by molar-refractivity contribution is 0.1000. The Hall–Kier alpha value is -2.96. The summed E-state index contributed by atoms with van der Waals surface area (Å²) < 4.78 is 12.9. The van der Waals surface area contributed by atoms with Gasteiger partial charge in [0.1, 0.15) is 11.6 Å². The van der Waals surface area contributed by atoms with Crippen LogP contribution in [0.5, 0.6) is 0 Å². The van der Waals surface area contributed by atoms with Crippen LogP contribution in [0.25, 0.3) is 0 Å². The van der Waals surface area contributed by atoms with Gasteiger partial charge in [-0.25, -0.2) is 14.2 Å². The fraction of sp³-hybridized carbons (Fsp3) is 0.188. The number of hydrogen-bond donors (Lipinski definition) is 1. The third-order valence-corrected chi connectivity index (χ3v) is 3.69. The Morgan fingerprint density at radius 3 is 2.65 bits per heavy atom. The van der Waals surface area contributed by atoms with E-state index in [0.717, 1.165) is 5.56 Å². The summed E-state index contributed by atoms with van der Waals surface area (Å²) in [6.07, 6.45) is 1.45. The molecule has 1 aliphatic rings. The van der Waals surface area contributed by atoms with Crippen molar-refractivity contribution in [1.82, 2.24) is 9.88 Å². The molecule has 3 amide bonds. The summed E-state index contributed by atoms with van der Waals surface area (Å²) in [5.41, 5.74) is 6.40. The highest BCUT2D eigenvalue weighted by molar-refractivity contribution is 5.96. The van der Waals surface area contributed by atoms with Gasteiger partial charge in [-0.15, -0.1) is 0 Å². The summed E-state index contributed by atoms with van der Waals surface area (Å²) in [5, 5.41) is 0. The van der Waals surface area contributed by atoms with Crippen LogP contribution in [-0.2, 0) is 6.54 Å². The molecule has 0 aliphatic carbocycles. The number of carbonyl (C=O) groups excluding carboxylic acids is 2. The van der Waals surface area contributed by atoms with E-state index in [4.69, 9.17) is 5.73 Å². The smallest absolute Gasteiger partial charge is 0.326 e. The molecule has 0 unspecified atom stereocenters. The molecule has 1 fully saturated rings. The largest absolute Gasteiger partial charge is 0.366 e. The zero-order valence-electron chi connectivity index (χ0n) is 12.3. The maximum Gasteiger partial charge on any atom is 0.326 e. The predicted molar refractivity (Wildman–Crippen MR) is 82.3 cm³/mol. The molecule has 6 nitrogen and oxygen atoms in total. The Morgan fingerprint density at radius 1 is 1.22 bits per heavy atom. The monoisotopic (exact) mass is 314 g/mol. The number of nitrogens with zero attached hydrogens (tertiary/aromatic N) is 3. The minimum absolute atomic E-state index is 0.205. The van der Waals surface area contributed by atoms with Crippen LogP contribution in [-0.4, -0.2) is 34.9 Å². The van der Waals surface area contributed by atoms with Crippen molar-refractivity contribution >= 4 is 17.8 Å². The molecule has 1 saturated heterocycles. The van der Waals surface area contributed by atoms with Crippen molar-refractivity contribution in [2.24, 2.45) is 5.73 Å². The first kappa shape index (κ1) is 15.0. The summed E-state index contributed by atoms with van der Waals surface area (Å²) in [6, 6.07) is 8.83. The van der Waals surface area contributed by atoms with Crippen LogP contribution < -0.4 is 10.6 Å². The molecular formula is C16H15FN4O2. The molecule has 2 heterocycles. The van der Waals surface area contributed by atoms with E-state index in [0.29, 0.717) is 31.0 Å². The molecule has 1 aromatic heterocycles. The highest BCUT2D eigenvalue weighted by Gasteiger charge is 2.30. The standard InChI is InChI=1S/C16H15FN4O2/c17-13-3-1-11(2-4-13)10-20-7-8-21(16(20)23)14-9-12(15(18)22)5-6-19-14/h1-6,9H,7-8,10H2,(H2,18,22). The maximum atomic E-state index is 12.9. The van der Waals surface area contributed by atoms with Gasteiger partial charge in [-0.1, -0.05) is 12.1 Å². The van der Waals surface area contributed by atoms with Crippen molar-refractivity contribution in [1.29, 1.82) is 0 Å². The number of carbonyl (C=O) groups is 2. The van der Waals surface area contributed by atoms with E-state index in [1.165, 1.54) is 35.4 Å². The number of anilines is 1. The van der Waals surface area contributed by atoms with Crippen LogP contribution in [0.4, 0.5) is 15.0 Å². The molecule has 1 aliphatic heterocycles. The first-order valence-electron chi connectivity index (χ1n) is 7.11. The maximum absolute atomic E-state index is 12.9. The van der Waals surface area contributed by atoms with Gasteiger partial charge in [0.15, 0.2) is 0 Å². The molecule has 7 heteroatoms. The Bertz CT molecular complexity index is 748. The zero-order chi connectivity index (χ0) is 16.4. The van der Waals surface area contributed by atoms with E-state index in [1.807, 2.05) is 0 Å². The fourth-order valence-corrected chi connectivity index (χ4v) is 2.47. The average molecular weight is 314 g/mol. The first-order chi connectivity index (χ1) is 11.0. The lowest BCUT2D eigenvalue weighted by atomic mass is 10.2. The molecule has 0 spiro atoms. The number of halogens is 1. The number of benzene rings is 1. The van der Waals surface area contributed by atoms with E-state index < -0.39 is 5.91 Å². The average Bonchev–Trinajstić information content (AvgIpc) is 2.91.